The third-order valence-corrected chi connectivity index (χ3v) is 7.78. The van der Waals surface area contributed by atoms with E-state index in [4.69, 9.17) is 9.94 Å². The molecule has 2 aliphatic rings. The van der Waals surface area contributed by atoms with Gasteiger partial charge in [0.15, 0.2) is 0 Å². The average molecular weight is 681 g/mol. The van der Waals surface area contributed by atoms with Crippen molar-refractivity contribution in [3.8, 4) is 23.7 Å². The molecule has 0 unspecified atom stereocenters. The molecular formula is C40H25ClN2O7. The van der Waals surface area contributed by atoms with Crippen molar-refractivity contribution in [1.82, 2.24) is 5.06 Å². The van der Waals surface area contributed by atoms with E-state index in [1.807, 2.05) is 72.8 Å². The molecule has 0 aromatic heterocycles. The van der Waals surface area contributed by atoms with E-state index in [-0.39, 0.29) is 17.5 Å². The topological polar surface area (TPSA) is 147 Å². The zero-order chi connectivity index (χ0) is 34.5. The lowest BCUT2D eigenvalue weighted by molar-refractivity contribution is -0.0377. The minimum atomic E-state index is -0.716. The molecule has 50 heavy (non-hydrogen) atoms. The predicted octanol–water partition coefficient (Wildman–Crippen LogP) is 6.53. The molecule has 2 heterocycles. The number of halogens is 1. The summed E-state index contributed by atoms with van der Waals surface area (Å²) in [6.45, 7) is 0. The molecular weight excluding hydrogens is 656 g/mol. The van der Waals surface area contributed by atoms with Gasteiger partial charge in [-0.2, -0.15) is 0 Å². The highest BCUT2D eigenvalue weighted by atomic mass is 35.5. The van der Waals surface area contributed by atoms with Crippen molar-refractivity contribution in [2.75, 3.05) is 0 Å². The normalized spacial score (nSPS) is 12.1. The summed E-state index contributed by atoms with van der Waals surface area (Å²) in [5.41, 5.74) is 4.69. The summed E-state index contributed by atoms with van der Waals surface area (Å²) in [6, 6.07) is 36.4. The number of nitrogens with two attached hydrogens (primary N) is 1. The summed E-state index contributed by atoms with van der Waals surface area (Å²) < 4.78 is 4.76. The van der Waals surface area contributed by atoms with Crippen LogP contribution in [0.15, 0.2) is 121 Å². The van der Waals surface area contributed by atoms with Crippen LogP contribution in [0.4, 0.5) is 0 Å². The Labute approximate surface area is 291 Å². The first kappa shape index (κ1) is 34.7. The van der Waals surface area contributed by atoms with Crippen LogP contribution in [-0.4, -0.2) is 39.2 Å². The second-order valence-corrected chi connectivity index (χ2v) is 10.6. The molecule has 2 amide bonds. The molecule has 6 aromatic carbocycles. The number of imide groups is 1. The molecule has 9 nitrogen and oxygen atoms in total. The summed E-state index contributed by atoms with van der Waals surface area (Å²) >= 11 is 0. The lowest BCUT2D eigenvalue weighted by Gasteiger charge is -2.22. The van der Waals surface area contributed by atoms with Gasteiger partial charge in [0.1, 0.15) is 0 Å². The minimum Gasteiger partial charge on any atom is -0.386 e. The van der Waals surface area contributed by atoms with Gasteiger partial charge in [-0.25, -0.2) is 15.5 Å². The Kier molecular flexibility index (Phi) is 10.5. The fraction of sp³-hybridized carbons (Fsp3) is 0. The van der Waals surface area contributed by atoms with Gasteiger partial charge >= 0.3 is 11.9 Å². The Morgan fingerprint density at radius 3 is 1.38 bits per heavy atom. The fourth-order valence-corrected chi connectivity index (χ4v) is 5.56. The number of hydrogen-bond donors (Lipinski definition) is 3. The van der Waals surface area contributed by atoms with Gasteiger partial charge in [-0.3, -0.25) is 14.8 Å². The molecule has 0 bridgehead atoms. The number of nitrogens with zero attached hydrogens (tertiary/aromatic N) is 1. The molecule has 0 atom stereocenters. The van der Waals surface area contributed by atoms with Crippen molar-refractivity contribution in [2.45, 2.75) is 0 Å². The van der Waals surface area contributed by atoms with Crippen molar-refractivity contribution in [1.29, 1.82) is 0 Å². The first-order chi connectivity index (χ1) is 23.9. The standard InChI is InChI=1S/C20H11NO3.C20H10O3.ClH.H3NO/c22-19-16-8-4-7-15-14(10-9-13-5-2-1-3-6-13)11-12-17(18(15)16)20(23)21(19)24;21-19-16-8-4-7-15-14(10-9-13-5-2-1-3-6-13)11-12-17(18(15)16)20(22)23-19;;1-2/h1-8,11-12,24H;1-8,11-12H;1H;2H,1H2. The highest BCUT2D eigenvalue weighted by Gasteiger charge is 2.32. The van der Waals surface area contributed by atoms with Crippen LogP contribution < -0.4 is 5.90 Å². The molecule has 2 aliphatic heterocycles. The van der Waals surface area contributed by atoms with Crippen molar-refractivity contribution in [3.05, 3.63) is 166 Å². The summed E-state index contributed by atoms with van der Waals surface area (Å²) in [5, 5.41) is 19.0. The van der Waals surface area contributed by atoms with Gasteiger partial charge in [0.2, 0.25) is 0 Å². The zero-order valence-electron chi connectivity index (χ0n) is 25.9. The number of carbonyl (C=O) groups is 4. The largest absolute Gasteiger partial charge is 0.386 e. The highest BCUT2D eigenvalue weighted by Crippen LogP contribution is 2.32. The van der Waals surface area contributed by atoms with E-state index in [1.165, 1.54) is 0 Å². The molecule has 6 aromatic rings. The smallest absolute Gasteiger partial charge is 0.346 e. The highest BCUT2D eigenvalue weighted by molar-refractivity contribution is 6.25. The number of amides is 2. The molecule has 0 aliphatic carbocycles. The number of carbonyl (C=O) groups excluding carboxylic acids is 4. The Morgan fingerprint density at radius 1 is 0.480 bits per heavy atom. The maximum Gasteiger partial charge on any atom is 0.346 e. The maximum atomic E-state index is 12.1. The van der Waals surface area contributed by atoms with Gasteiger partial charge in [0.05, 0.1) is 22.3 Å². The van der Waals surface area contributed by atoms with Gasteiger partial charge in [0.25, 0.3) is 11.8 Å². The first-order valence-electron chi connectivity index (χ1n) is 14.8. The number of ether oxygens (including phenoxy) is 1. The number of benzene rings is 6. The van der Waals surface area contributed by atoms with Crippen LogP contribution in [0.1, 0.15) is 63.7 Å². The summed E-state index contributed by atoms with van der Waals surface area (Å²) in [6.07, 6.45) is 0. The molecule has 0 spiro atoms. The fourth-order valence-electron chi connectivity index (χ4n) is 5.56. The average Bonchev–Trinajstić information content (AvgIpc) is 3.15. The van der Waals surface area contributed by atoms with E-state index < -0.39 is 23.8 Å². The molecule has 244 valence electrons. The second kappa shape index (κ2) is 15.1. The van der Waals surface area contributed by atoms with Crippen molar-refractivity contribution in [3.63, 3.8) is 0 Å². The van der Waals surface area contributed by atoms with Gasteiger partial charge in [-0.15, -0.1) is 17.5 Å². The summed E-state index contributed by atoms with van der Waals surface area (Å²) in [5.74, 6) is 13.2. The van der Waals surface area contributed by atoms with Crippen LogP contribution in [0.5, 0.6) is 0 Å². The van der Waals surface area contributed by atoms with Crippen LogP contribution in [0.25, 0.3) is 21.5 Å². The number of esters is 2. The Morgan fingerprint density at radius 2 is 0.880 bits per heavy atom. The van der Waals surface area contributed by atoms with Gasteiger partial charge in [0, 0.05) is 33.0 Å². The van der Waals surface area contributed by atoms with Crippen molar-refractivity contribution >= 4 is 57.7 Å². The molecule has 0 saturated carbocycles. The summed E-state index contributed by atoms with van der Waals surface area (Å²) in [4.78, 5) is 48.0. The molecule has 0 radical (unpaired) electrons. The third-order valence-electron chi connectivity index (χ3n) is 7.78. The van der Waals surface area contributed by atoms with E-state index in [0.717, 1.165) is 33.0 Å². The Balaban J connectivity index is 0.000000182. The van der Waals surface area contributed by atoms with E-state index in [1.54, 1.807) is 48.5 Å². The zero-order valence-corrected chi connectivity index (χ0v) is 26.7. The monoisotopic (exact) mass is 680 g/mol. The van der Waals surface area contributed by atoms with Crippen LogP contribution in [0.3, 0.4) is 0 Å². The molecule has 8 rings (SSSR count). The van der Waals surface area contributed by atoms with Gasteiger partial charge < -0.3 is 9.94 Å². The number of hydroxylamine groups is 2. The third kappa shape index (κ3) is 6.58. The van der Waals surface area contributed by atoms with Crippen molar-refractivity contribution in [2.24, 2.45) is 5.90 Å². The van der Waals surface area contributed by atoms with Gasteiger partial charge in [-0.1, -0.05) is 84.3 Å². The SMILES string of the molecule is Cl.NO.O=C1OC(=O)c2ccc(C#Cc3ccccc3)c3cccc1c23.O=C1c2cccc3c(C#Cc4ccccc4)ccc(c23)C(=O)N1O. The number of cyclic esters (lactones) is 2. The van der Waals surface area contributed by atoms with Crippen LogP contribution in [0, 0.1) is 23.7 Å². The van der Waals surface area contributed by atoms with E-state index in [9.17, 15) is 24.4 Å². The maximum absolute atomic E-state index is 12.1. The van der Waals surface area contributed by atoms with Crippen LogP contribution >= 0.6 is 12.4 Å². The van der Waals surface area contributed by atoms with E-state index in [0.29, 0.717) is 33.0 Å². The van der Waals surface area contributed by atoms with Crippen molar-refractivity contribution < 1.29 is 34.3 Å². The number of hydrogen-bond acceptors (Lipinski definition) is 8. The molecule has 10 heteroatoms. The van der Waals surface area contributed by atoms with E-state index >= 15 is 0 Å². The second-order valence-electron chi connectivity index (χ2n) is 10.6. The lowest BCUT2D eigenvalue weighted by Crippen LogP contribution is -2.37. The molecule has 0 fully saturated rings. The quantitative estimate of drug-likeness (QED) is 0.0410. The Hall–Kier alpha value is -6.59. The molecule has 0 saturated heterocycles. The van der Waals surface area contributed by atoms with E-state index in [2.05, 4.69) is 29.6 Å². The van der Waals surface area contributed by atoms with Crippen LogP contribution in [0.2, 0.25) is 0 Å². The van der Waals surface area contributed by atoms with Crippen LogP contribution in [-0.2, 0) is 4.74 Å². The Bertz CT molecular complexity index is 2400. The lowest BCUT2D eigenvalue weighted by atomic mass is 9.92. The van der Waals surface area contributed by atoms with Gasteiger partial charge in [-0.05, 0) is 71.4 Å². The minimum absolute atomic E-state index is 0. The summed E-state index contributed by atoms with van der Waals surface area (Å²) in [7, 11) is 0. The predicted molar refractivity (Wildman–Crippen MR) is 188 cm³/mol. The molecule has 4 N–H and O–H groups in total. The first-order valence-corrected chi connectivity index (χ1v) is 14.8. The number of rotatable bonds is 0.